The quantitative estimate of drug-likeness (QED) is 0.283. The van der Waals surface area contributed by atoms with Crippen LogP contribution in [0.5, 0.6) is 0 Å². The van der Waals surface area contributed by atoms with Crippen LogP contribution in [0.3, 0.4) is 0 Å². The van der Waals surface area contributed by atoms with Gasteiger partial charge < -0.3 is 18.9 Å². The highest BCUT2D eigenvalue weighted by Crippen LogP contribution is 2.71. The summed E-state index contributed by atoms with van der Waals surface area (Å²) in [6.45, 7) is 3.41. The van der Waals surface area contributed by atoms with Gasteiger partial charge in [-0.2, -0.15) is 0 Å². The van der Waals surface area contributed by atoms with E-state index in [9.17, 15) is 28.8 Å². The third kappa shape index (κ3) is 3.55. The lowest BCUT2D eigenvalue weighted by molar-refractivity contribution is -0.138. The van der Waals surface area contributed by atoms with E-state index in [0.29, 0.717) is 21.7 Å². The number of benzene rings is 1. The van der Waals surface area contributed by atoms with E-state index in [0.717, 1.165) is 63.7 Å². The number of carbonyl (C=O) groups excluding carboxylic acids is 6. The molecule has 1 spiro atoms. The molecular weight excluding hydrogens is 582 g/mol. The Hall–Kier alpha value is -3.49. The molecule has 1 aromatic carbocycles. The number of methoxy groups -OCH3 is 4. The highest BCUT2D eigenvalue weighted by molar-refractivity contribution is 8.26. The van der Waals surface area contributed by atoms with Gasteiger partial charge >= 0.3 is 23.9 Å². The van der Waals surface area contributed by atoms with Crippen LogP contribution in [-0.2, 0) is 42.9 Å². The van der Waals surface area contributed by atoms with Crippen molar-refractivity contribution in [2.75, 3.05) is 33.3 Å². The fourth-order valence-electron chi connectivity index (χ4n) is 5.11. The topological polar surface area (TPSA) is 143 Å². The Morgan fingerprint density at radius 3 is 1.77 bits per heavy atom. The van der Waals surface area contributed by atoms with Gasteiger partial charge in [0, 0.05) is 16.0 Å². The van der Waals surface area contributed by atoms with Gasteiger partial charge in [0.2, 0.25) is 0 Å². The molecule has 0 fully saturated rings. The van der Waals surface area contributed by atoms with E-state index < -0.39 is 45.2 Å². The lowest BCUT2D eigenvalue weighted by Crippen LogP contribution is -2.52. The molecule has 1 aromatic rings. The summed E-state index contributed by atoms with van der Waals surface area (Å²) in [5.41, 5.74) is -0.0498. The summed E-state index contributed by atoms with van der Waals surface area (Å²) in [4.78, 5) is 80.3. The van der Waals surface area contributed by atoms with E-state index in [1.165, 1.54) is 11.0 Å². The molecule has 4 aliphatic rings. The van der Waals surface area contributed by atoms with Crippen molar-refractivity contribution in [3.8, 4) is 0 Å². The van der Waals surface area contributed by atoms with Gasteiger partial charge in [0.05, 0.1) is 50.8 Å². The number of fused-ring (bicyclic) bond motifs is 2. The van der Waals surface area contributed by atoms with Crippen LogP contribution in [0.2, 0.25) is 0 Å². The lowest BCUT2D eigenvalue weighted by Gasteiger charge is -2.49. The van der Waals surface area contributed by atoms with E-state index in [1.807, 2.05) is 0 Å². The summed E-state index contributed by atoms with van der Waals surface area (Å²) in [6, 6.07) is 4.81. The number of Topliss-reactive ketones (excluding diaryl/α,β-unsaturated/α-hetero) is 1. The molecule has 0 unspecified atom stereocenters. The molecule has 0 radical (unpaired) electrons. The molecule has 4 heterocycles. The maximum Gasteiger partial charge on any atom is 0.345 e. The number of esters is 4. The van der Waals surface area contributed by atoms with Gasteiger partial charge in [-0.1, -0.05) is 47.4 Å². The Balaban J connectivity index is 1.92. The van der Waals surface area contributed by atoms with Crippen molar-refractivity contribution in [2.45, 2.75) is 23.5 Å². The van der Waals surface area contributed by atoms with Crippen molar-refractivity contribution >= 4 is 82.1 Å². The van der Waals surface area contributed by atoms with E-state index in [1.54, 1.807) is 26.0 Å². The number of thioether (sulfide) groups is 3. The second kappa shape index (κ2) is 9.56. The predicted molar refractivity (Wildman–Crippen MR) is 147 cm³/mol. The molecule has 14 heteroatoms. The largest absolute Gasteiger partial charge is 0.466 e. The molecule has 0 atom stereocenters. The van der Waals surface area contributed by atoms with Gasteiger partial charge in [0.1, 0.15) is 18.8 Å². The van der Waals surface area contributed by atoms with Gasteiger partial charge in [-0.25, -0.2) is 19.2 Å². The van der Waals surface area contributed by atoms with Crippen LogP contribution in [-0.4, -0.2) is 73.6 Å². The molecule has 4 aliphatic heterocycles. The highest BCUT2D eigenvalue weighted by Gasteiger charge is 2.63. The molecule has 5 rings (SSSR count). The minimum absolute atomic E-state index is 0.149. The number of nitrogens with zero attached hydrogens (tertiary/aromatic N) is 1. The fraction of sp³-hybridized carbons (Fsp3) is 0.308. The Kier molecular flexibility index (Phi) is 6.70. The first-order valence-corrected chi connectivity index (χ1v) is 14.0. The van der Waals surface area contributed by atoms with Gasteiger partial charge in [-0.15, -0.1) is 0 Å². The zero-order valence-corrected chi connectivity index (χ0v) is 24.4. The van der Waals surface area contributed by atoms with Crippen LogP contribution in [0, 0.1) is 0 Å². The van der Waals surface area contributed by atoms with E-state index in [-0.39, 0.29) is 25.9 Å². The van der Waals surface area contributed by atoms with E-state index in [2.05, 4.69) is 0 Å². The standard InChI is InChI=1S/C26H21NO10S3/c1-25(2)19-12(10-8-7-9-11-14(10)27(25)20(29)15(11)28)26(13(21(30)34-3)16(38-19)22(31)35-4)39-17(23(32)36-5)18(40-26)24(33)37-6/h7-9H,1-6H3. The smallest absolute Gasteiger partial charge is 0.345 e. The van der Waals surface area contributed by atoms with Crippen molar-refractivity contribution < 1.29 is 47.7 Å². The van der Waals surface area contributed by atoms with Gasteiger partial charge in [0.15, 0.2) is 0 Å². The molecule has 0 bridgehead atoms. The summed E-state index contributed by atoms with van der Waals surface area (Å²) < 4.78 is 18.4. The van der Waals surface area contributed by atoms with Crippen molar-refractivity contribution in [1.29, 1.82) is 0 Å². The summed E-state index contributed by atoms with van der Waals surface area (Å²) in [5, 5.41) is 0. The number of ketones is 1. The first kappa shape index (κ1) is 28.1. The Morgan fingerprint density at radius 2 is 1.25 bits per heavy atom. The van der Waals surface area contributed by atoms with Crippen LogP contribution in [0.4, 0.5) is 5.69 Å². The van der Waals surface area contributed by atoms with Crippen molar-refractivity contribution in [3.05, 3.63) is 54.5 Å². The van der Waals surface area contributed by atoms with Crippen molar-refractivity contribution in [3.63, 3.8) is 0 Å². The molecule has 0 N–H and O–H groups in total. The highest BCUT2D eigenvalue weighted by atomic mass is 32.2. The second-order valence-electron chi connectivity index (χ2n) is 9.19. The number of ether oxygens (including phenoxy) is 4. The number of hydrogen-bond donors (Lipinski definition) is 0. The van der Waals surface area contributed by atoms with Crippen molar-refractivity contribution in [1.82, 2.24) is 0 Å². The van der Waals surface area contributed by atoms with Gasteiger partial charge in [0.25, 0.3) is 11.7 Å². The number of anilines is 1. The summed E-state index contributed by atoms with van der Waals surface area (Å²) in [6.07, 6.45) is 0. The zero-order valence-electron chi connectivity index (χ0n) is 22.0. The minimum atomic E-state index is -1.68. The lowest BCUT2D eigenvalue weighted by atomic mass is 9.83. The maximum atomic E-state index is 13.5. The SMILES string of the molecule is COC(=O)C1=C(C(=O)OC)SC2(S1)C(C(=O)OC)=C(C(=O)OC)SC1=C2c2cccc3c2N(C(=O)C3=O)C1(C)C. The zero-order chi connectivity index (χ0) is 29.3. The predicted octanol–water partition coefficient (Wildman–Crippen LogP) is 2.80. The average Bonchev–Trinajstić information content (AvgIpc) is 3.46. The summed E-state index contributed by atoms with van der Waals surface area (Å²) >= 11 is 2.55. The Labute approximate surface area is 240 Å². The molecule has 0 saturated carbocycles. The van der Waals surface area contributed by atoms with E-state index in [4.69, 9.17) is 18.9 Å². The van der Waals surface area contributed by atoms with Gasteiger partial charge in [-0.05, 0) is 19.9 Å². The maximum absolute atomic E-state index is 13.5. The molecule has 208 valence electrons. The Bertz CT molecular complexity index is 1540. The molecule has 0 aliphatic carbocycles. The number of para-hydroxylation sites is 1. The number of carbonyl (C=O) groups is 6. The third-order valence-electron chi connectivity index (χ3n) is 6.80. The fourth-order valence-corrected chi connectivity index (χ4v) is 10.2. The normalized spacial score (nSPS) is 20.0. The first-order valence-electron chi connectivity index (χ1n) is 11.6. The molecule has 1 amide bonds. The summed E-state index contributed by atoms with van der Waals surface area (Å²) in [5.74, 6) is -4.95. The first-order chi connectivity index (χ1) is 18.9. The van der Waals surface area contributed by atoms with Crippen LogP contribution in [0.25, 0.3) is 5.57 Å². The number of hydrogen-bond acceptors (Lipinski definition) is 13. The Morgan fingerprint density at radius 1 is 0.750 bits per heavy atom. The molecule has 40 heavy (non-hydrogen) atoms. The number of rotatable bonds is 4. The average molecular weight is 604 g/mol. The van der Waals surface area contributed by atoms with Gasteiger partial charge in [-0.3, -0.25) is 14.5 Å². The molecule has 11 nitrogen and oxygen atoms in total. The van der Waals surface area contributed by atoms with Crippen molar-refractivity contribution in [2.24, 2.45) is 0 Å². The molecule has 0 aromatic heterocycles. The minimum Gasteiger partial charge on any atom is -0.466 e. The van der Waals surface area contributed by atoms with Crippen LogP contribution < -0.4 is 4.90 Å². The van der Waals surface area contributed by atoms with E-state index >= 15 is 0 Å². The van der Waals surface area contributed by atoms with Crippen LogP contribution in [0.1, 0.15) is 29.8 Å². The molecular formula is C26H21NO10S3. The number of amides is 1. The molecule has 0 saturated heterocycles. The van der Waals surface area contributed by atoms with Crippen LogP contribution in [0.15, 0.2) is 43.4 Å². The third-order valence-corrected chi connectivity index (χ3v) is 11.5. The summed E-state index contributed by atoms with van der Waals surface area (Å²) in [7, 11) is 4.56. The monoisotopic (exact) mass is 603 g/mol. The van der Waals surface area contributed by atoms with Crippen LogP contribution >= 0.6 is 35.3 Å². The second-order valence-corrected chi connectivity index (χ2v) is 12.9.